The third-order valence-corrected chi connectivity index (χ3v) is 6.15. The van der Waals surface area contributed by atoms with Gasteiger partial charge in [-0.05, 0) is 56.7 Å². The second kappa shape index (κ2) is 9.74. The van der Waals surface area contributed by atoms with E-state index in [0.717, 1.165) is 29.5 Å². The van der Waals surface area contributed by atoms with Crippen LogP contribution in [-0.4, -0.2) is 31.0 Å². The minimum atomic E-state index is -3.80. The molecule has 1 aromatic heterocycles. The molecule has 180 valence electrons. The van der Waals surface area contributed by atoms with Gasteiger partial charge in [-0.3, -0.25) is 4.79 Å². The van der Waals surface area contributed by atoms with Crippen molar-refractivity contribution < 1.29 is 31.5 Å². The van der Waals surface area contributed by atoms with Crippen molar-refractivity contribution in [3.8, 4) is 0 Å². The van der Waals surface area contributed by atoms with E-state index < -0.39 is 39.6 Å². The number of hydrogen-bond acceptors (Lipinski definition) is 5. The number of nitrogens with zero attached hydrogens (tertiary/aromatic N) is 1. The summed E-state index contributed by atoms with van der Waals surface area (Å²) in [6.07, 6.45) is -1.27. The molecule has 0 aliphatic heterocycles. The molecule has 0 saturated carbocycles. The lowest BCUT2D eigenvalue weighted by Crippen LogP contribution is -2.30. The zero-order chi connectivity index (χ0) is 25.2. The van der Waals surface area contributed by atoms with Gasteiger partial charge in [0.05, 0.1) is 16.1 Å². The molecule has 1 atom stereocenters. The van der Waals surface area contributed by atoms with Crippen LogP contribution in [0.3, 0.4) is 0 Å². The second-order valence-corrected chi connectivity index (χ2v) is 9.28. The van der Waals surface area contributed by atoms with Crippen molar-refractivity contribution >= 4 is 27.6 Å². The van der Waals surface area contributed by atoms with E-state index in [4.69, 9.17) is 9.88 Å². The van der Waals surface area contributed by atoms with Gasteiger partial charge < -0.3 is 14.6 Å². The lowest BCUT2D eigenvalue weighted by Gasteiger charge is -2.14. The number of rotatable bonds is 7. The van der Waals surface area contributed by atoms with Crippen LogP contribution < -0.4 is 10.5 Å². The molecule has 0 spiro atoms. The van der Waals surface area contributed by atoms with Crippen molar-refractivity contribution in [2.24, 2.45) is 5.14 Å². The van der Waals surface area contributed by atoms with Crippen LogP contribution in [0, 0.1) is 25.5 Å². The number of hydrogen-bond donors (Lipinski definition) is 2. The van der Waals surface area contributed by atoms with Crippen LogP contribution in [0.5, 0.6) is 0 Å². The van der Waals surface area contributed by atoms with Crippen LogP contribution in [0.1, 0.15) is 34.2 Å². The zero-order valence-corrected chi connectivity index (χ0v) is 19.4. The Morgan fingerprint density at radius 3 is 2.35 bits per heavy atom. The Kier molecular flexibility index (Phi) is 7.18. The van der Waals surface area contributed by atoms with E-state index in [0.29, 0.717) is 12.2 Å². The van der Waals surface area contributed by atoms with Gasteiger partial charge in [0.2, 0.25) is 10.0 Å². The topological polar surface area (TPSA) is 120 Å². The number of halogens is 2. The highest BCUT2D eigenvalue weighted by atomic mass is 32.2. The zero-order valence-electron chi connectivity index (χ0n) is 18.6. The first-order valence-electron chi connectivity index (χ1n) is 10.1. The predicted octanol–water partition coefficient (Wildman–Crippen LogP) is 3.26. The van der Waals surface area contributed by atoms with Gasteiger partial charge in [-0.25, -0.2) is 27.1 Å². The monoisotopic (exact) mass is 491 g/mol. The van der Waals surface area contributed by atoms with Crippen LogP contribution in [-0.2, 0) is 26.1 Å². The number of carbonyl (C=O) groups is 2. The number of primary sulfonamides is 1. The molecule has 1 amide bonds. The van der Waals surface area contributed by atoms with Gasteiger partial charge in [-0.1, -0.05) is 12.1 Å². The van der Waals surface area contributed by atoms with Crippen molar-refractivity contribution in [3.05, 3.63) is 82.7 Å². The Bertz CT molecular complexity index is 1350. The van der Waals surface area contributed by atoms with Crippen molar-refractivity contribution in [2.75, 3.05) is 5.32 Å². The van der Waals surface area contributed by atoms with Gasteiger partial charge in [0.15, 0.2) is 6.10 Å². The lowest BCUT2D eigenvalue weighted by molar-refractivity contribution is -0.123. The summed E-state index contributed by atoms with van der Waals surface area (Å²) in [6, 6.07) is 10.3. The number of aromatic nitrogens is 1. The molecule has 0 radical (unpaired) electrons. The van der Waals surface area contributed by atoms with E-state index in [2.05, 4.69) is 5.32 Å². The fourth-order valence-electron chi connectivity index (χ4n) is 3.32. The Hall–Kier alpha value is -3.57. The summed E-state index contributed by atoms with van der Waals surface area (Å²) >= 11 is 0. The quantitative estimate of drug-likeness (QED) is 0.492. The number of sulfonamides is 1. The van der Waals surface area contributed by atoms with Crippen LogP contribution in [0.15, 0.2) is 53.4 Å². The maximum atomic E-state index is 13.8. The van der Waals surface area contributed by atoms with Gasteiger partial charge >= 0.3 is 5.97 Å². The maximum Gasteiger partial charge on any atom is 0.340 e. The summed E-state index contributed by atoms with van der Waals surface area (Å²) in [5.74, 6) is -3.13. The first kappa shape index (κ1) is 25.1. The lowest BCUT2D eigenvalue weighted by atomic mass is 10.2. The van der Waals surface area contributed by atoms with Gasteiger partial charge in [-0.15, -0.1) is 0 Å². The number of nitrogens with two attached hydrogens (primary N) is 1. The van der Waals surface area contributed by atoms with Gasteiger partial charge in [0.25, 0.3) is 5.91 Å². The molecule has 1 heterocycles. The summed E-state index contributed by atoms with van der Waals surface area (Å²) in [4.78, 5) is 25.0. The van der Waals surface area contributed by atoms with Gasteiger partial charge in [0, 0.05) is 24.0 Å². The standard InChI is InChI=1S/C23H23F2N3O5S/c1-13-10-19(14(2)28(13)12-16-4-7-18(8-5-16)34(26,31)32)23(30)33-15(3)22(29)27-21-11-17(24)6-9-20(21)25/h4-11,15H,12H2,1-3H3,(H,27,29)(H2,26,31,32). The van der Waals surface area contributed by atoms with Crippen LogP contribution >= 0.6 is 0 Å². The molecular weight excluding hydrogens is 468 g/mol. The molecule has 0 fully saturated rings. The van der Waals surface area contributed by atoms with Crippen LogP contribution in [0.2, 0.25) is 0 Å². The molecule has 3 rings (SSSR count). The van der Waals surface area contributed by atoms with E-state index >= 15 is 0 Å². The summed E-state index contributed by atoms with van der Waals surface area (Å²) in [5.41, 5.74) is 1.95. The van der Waals surface area contributed by atoms with Crippen molar-refractivity contribution in [3.63, 3.8) is 0 Å². The number of carbonyl (C=O) groups excluding carboxylic acids is 2. The average molecular weight is 492 g/mol. The van der Waals surface area contributed by atoms with Crippen molar-refractivity contribution in [2.45, 2.75) is 38.3 Å². The number of nitrogens with one attached hydrogen (secondary N) is 1. The van der Waals surface area contributed by atoms with E-state index in [-0.39, 0.29) is 16.1 Å². The minimum Gasteiger partial charge on any atom is -0.449 e. The third-order valence-electron chi connectivity index (χ3n) is 5.23. The average Bonchev–Trinajstić information content (AvgIpc) is 3.04. The number of aryl methyl sites for hydroxylation is 1. The number of benzene rings is 2. The number of amides is 1. The molecule has 3 N–H and O–H groups in total. The summed E-state index contributed by atoms with van der Waals surface area (Å²) in [5, 5.41) is 7.31. The van der Waals surface area contributed by atoms with Crippen LogP contribution in [0.25, 0.3) is 0 Å². The Morgan fingerprint density at radius 2 is 1.74 bits per heavy atom. The molecule has 8 nitrogen and oxygen atoms in total. The highest BCUT2D eigenvalue weighted by Gasteiger charge is 2.23. The van der Waals surface area contributed by atoms with Crippen molar-refractivity contribution in [1.29, 1.82) is 0 Å². The Morgan fingerprint density at radius 1 is 1.09 bits per heavy atom. The van der Waals surface area contributed by atoms with Crippen molar-refractivity contribution in [1.82, 2.24) is 4.57 Å². The van der Waals surface area contributed by atoms with E-state index in [1.807, 2.05) is 4.57 Å². The minimum absolute atomic E-state index is 0.00754. The fraction of sp³-hybridized carbons (Fsp3) is 0.217. The molecular formula is C23H23F2N3O5S. The molecule has 11 heteroatoms. The molecule has 1 unspecified atom stereocenters. The first-order chi connectivity index (χ1) is 15.9. The molecule has 0 bridgehead atoms. The highest BCUT2D eigenvalue weighted by molar-refractivity contribution is 7.89. The third kappa shape index (κ3) is 5.67. The molecule has 34 heavy (non-hydrogen) atoms. The maximum absolute atomic E-state index is 13.8. The van der Waals surface area contributed by atoms with Gasteiger partial charge in [0.1, 0.15) is 11.6 Å². The highest BCUT2D eigenvalue weighted by Crippen LogP contribution is 2.20. The normalized spacial score (nSPS) is 12.3. The van der Waals surface area contributed by atoms with Crippen LogP contribution in [0.4, 0.5) is 14.5 Å². The molecule has 3 aromatic rings. The number of esters is 1. The van der Waals surface area contributed by atoms with Gasteiger partial charge in [-0.2, -0.15) is 0 Å². The largest absolute Gasteiger partial charge is 0.449 e. The number of anilines is 1. The molecule has 0 aliphatic rings. The second-order valence-electron chi connectivity index (χ2n) is 7.72. The van der Waals surface area contributed by atoms with E-state index in [1.54, 1.807) is 32.0 Å². The summed E-state index contributed by atoms with van der Waals surface area (Å²) in [7, 11) is -3.80. The summed E-state index contributed by atoms with van der Waals surface area (Å²) < 4.78 is 57.0. The summed E-state index contributed by atoms with van der Waals surface area (Å²) in [6.45, 7) is 5.15. The predicted molar refractivity (Wildman–Crippen MR) is 121 cm³/mol. The molecule has 2 aromatic carbocycles. The molecule has 0 aliphatic carbocycles. The fourth-order valence-corrected chi connectivity index (χ4v) is 3.84. The Balaban J connectivity index is 1.71. The number of ether oxygens (including phenoxy) is 1. The van der Waals surface area contributed by atoms with E-state index in [1.165, 1.54) is 19.1 Å². The Labute approximate surface area is 195 Å². The smallest absolute Gasteiger partial charge is 0.340 e. The van der Waals surface area contributed by atoms with E-state index in [9.17, 15) is 26.8 Å². The first-order valence-corrected chi connectivity index (χ1v) is 11.7. The molecule has 0 saturated heterocycles. The SMILES string of the molecule is Cc1cc(C(=O)OC(C)C(=O)Nc2cc(F)ccc2F)c(C)n1Cc1ccc(S(N)(=O)=O)cc1.